The first-order valence-corrected chi connectivity index (χ1v) is 27.7. The SMILES string of the molecule is CCCCCCC/C=C/C=C/C=C/CCCCCCCC(=O)OC(CCCCCCCCCCCC)CC(=O)NC(CO)C(O)CCCCCCCCCCCCCCCCCC. The average Bonchev–Trinajstić information content (AvgIpc) is 3.28. The summed E-state index contributed by atoms with van der Waals surface area (Å²) in [6.07, 6.45) is 60.6. The van der Waals surface area contributed by atoms with Gasteiger partial charge in [-0.2, -0.15) is 0 Å². The molecular weight excluding hydrogens is 779 g/mol. The summed E-state index contributed by atoms with van der Waals surface area (Å²) in [5, 5.41) is 23.8. The monoisotopic (exact) mass is 886 g/mol. The van der Waals surface area contributed by atoms with Gasteiger partial charge in [0.05, 0.1) is 25.2 Å². The fourth-order valence-corrected chi connectivity index (χ4v) is 8.55. The van der Waals surface area contributed by atoms with Gasteiger partial charge in [0.15, 0.2) is 0 Å². The van der Waals surface area contributed by atoms with E-state index in [1.807, 2.05) is 0 Å². The van der Waals surface area contributed by atoms with Crippen LogP contribution in [0.15, 0.2) is 36.5 Å². The summed E-state index contributed by atoms with van der Waals surface area (Å²) in [7, 11) is 0. The van der Waals surface area contributed by atoms with Crippen LogP contribution in [0.2, 0.25) is 0 Å². The number of amides is 1. The average molecular weight is 886 g/mol. The number of nitrogens with one attached hydrogen (secondary N) is 1. The van der Waals surface area contributed by atoms with Crippen LogP contribution in [-0.4, -0.2) is 46.9 Å². The maximum Gasteiger partial charge on any atom is 0.306 e. The third kappa shape index (κ3) is 46.4. The summed E-state index contributed by atoms with van der Waals surface area (Å²) < 4.78 is 5.93. The van der Waals surface area contributed by atoms with Crippen molar-refractivity contribution >= 4 is 11.9 Å². The maximum atomic E-state index is 13.2. The second kappa shape index (κ2) is 51.1. The third-order valence-electron chi connectivity index (χ3n) is 12.8. The number of aliphatic hydroxyl groups is 2. The number of unbranched alkanes of at least 4 members (excludes halogenated alkanes) is 34. The largest absolute Gasteiger partial charge is 0.462 e. The summed E-state index contributed by atoms with van der Waals surface area (Å²) in [6, 6.07) is -0.702. The van der Waals surface area contributed by atoms with Crippen molar-refractivity contribution in [2.45, 2.75) is 309 Å². The van der Waals surface area contributed by atoms with Gasteiger partial charge in [0.2, 0.25) is 5.91 Å². The van der Waals surface area contributed by atoms with Crippen molar-refractivity contribution in [3.05, 3.63) is 36.5 Å². The Hall–Kier alpha value is -1.92. The first kappa shape index (κ1) is 61.1. The Morgan fingerprint density at radius 3 is 1.21 bits per heavy atom. The summed E-state index contributed by atoms with van der Waals surface area (Å²) in [5.74, 6) is -0.485. The summed E-state index contributed by atoms with van der Waals surface area (Å²) in [5.41, 5.74) is 0. The van der Waals surface area contributed by atoms with E-state index in [0.29, 0.717) is 19.3 Å². The molecule has 0 aliphatic heterocycles. The van der Waals surface area contributed by atoms with Crippen molar-refractivity contribution in [3.8, 4) is 0 Å². The predicted molar refractivity (Wildman–Crippen MR) is 273 cm³/mol. The van der Waals surface area contributed by atoms with Crippen molar-refractivity contribution < 1.29 is 24.5 Å². The number of esters is 1. The van der Waals surface area contributed by atoms with E-state index in [1.54, 1.807) is 0 Å². The molecule has 0 aromatic carbocycles. The van der Waals surface area contributed by atoms with E-state index in [9.17, 15) is 19.8 Å². The van der Waals surface area contributed by atoms with Crippen LogP contribution in [0.5, 0.6) is 0 Å². The minimum Gasteiger partial charge on any atom is -0.462 e. The number of hydrogen-bond donors (Lipinski definition) is 3. The van der Waals surface area contributed by atoms with E-state index in [1.165, 1.54) is 180 Å². The molecule has 0 bridgehead atoms. The Labute approximate surface area is 392 Å². The Morgan fingerprint density at radius 2 is 0.810 bits per heavy atom. The zero-order valence-corrected chi connectivity index (χ0v) is 42.2. The molecule has 3 N–H and O–H groups in total. The molecule has 0 radical (unpaired) electrons. The van der Waals surface area contributed by atoms with Gasteiger partial charge in [0.1, 0.15) is 6.10 Å². The Balaban J connectivity index is 4.47. The molecule has 6 heteroatoms. The highest BCUT2D eigenvalue weighted by Crippen LogP contribution is 2.18. The van der Waals surface area contributed by atoms with Crippen LogP contribution in [-0.2, 0) is 14.3 Å². The van der Waals surface area contributed by atoms with Gasteiger partial charge in [-0.1, -0.05) is 263 Å². The highest BCUT2D eigenvalue weighted by atomic mass is 16.5. The molecule has 1 amide bonds. The van der Waals surface area contributed by atoms with Gasteiger partial charge >= 0.3 is 5.97 Å². The first-order chi connectivity index (χ1) is 31.0. The fraction of sp³-hybridized carbons (Fsp3) is 0.860. The topological polar surface area (TPSA) is 95.9 Å². The summed E-state index contributed by atoms with van der Waals surface area (Å²) in [6.45, 7) is 6.48. The molecule has 0 fully saturated rings. The summed E-state index contributed by atoms with van der Waals surface area (Å²) >= 11 is 0. The lowest BCUT2D eigenvalue weighted by atomic mass is 10.0. The van der Waals surface area contributed by atoms with E-state index in [-0.39, 0.29) is 24.9 Å². The lowest BCUT2D eigenvalue weighted by Gasteiger charge is -2.24. The number of rotatable bonds is 50. The van der Waals surface area contributed by atoms with Crippen molar-refractivity contribution in [1.29, 1.82) is 0 Å². The number of carbonyl (C=O) groups excluding carboxylic acids is 2. The zero-order valence-electron chi connectivity index (χ0n) is 42.2. The van der Waals surface area contributed by atoms with Gasteiger partial charge in [-0.15, -0.1) is 0 Å². The lowest BCUT2D eigenvalue weighted by Crippen LogP contribution is -2.46. The fourth-order valence-electron chi connectivity index (χ4n) is 8.55. The van der Waals surface area contributed by atoms with Crippen LogP contribution < -0.4 is 5.32 Å². The van der Waals surface area contributed by atoms with Gasteiger partial charge in [-0.05, 0) is 51.4 Å². The van der Waals surface area contributed by atoms with Crippen molar-refractivity contribution in [2.75, 3.05) is 6.61 Å². The van der Waals surface area contributed by atoms with E-state index in [0.717, 1.165) is 64.2 Å². The normalized spacial score (nSPS) is 13.4. The van der Waals surface area contributed by atoms with E-state index in [4.69, 9.17) is 4.74 Å². The Morgan fingerprint density at radius 1 is 0.460 bits per heavy atom. The van der Waals surface area contributed by atoms with E-state index < -0.39 is 18.2 Å². The standard InChI is InChI=1S/C57H107NO5/c1-4-7-10-13-16-19-22-24-26-28-29-31-33-35-38-41-44-47-50-57(62)63-53(48-45-42-39-36-21-18-15-12-9-6-3)51-56(61)58-54(52-59)55(60)49-46-43-40-37-34-32-30-27-25-23-20-17-14-11-8-5-2/h22,24,26,28-29,31,53-55,59-60H,4-21,23,25,27,30,32-52H2,1-3H3,(H,58,61)/b24-22+,28-26+,31-29+. The molecule has 0 heterocycles. The van der Waals surface area contributed by atoms with Gasteiger partial charge in [0.25, 0.3) is 0 Å². The van der Waals surface area contributed by atoms with Crippen LogP contribution in [0, 0.1) is 0 Å². The molecule has 3 atom stereocenters. The lowest BCUT2D eigenvalue weighted by molar-refractivity contribution is -0.151. The summed E-state index contributed by atoms with van der Waals surface area (Å²) in [4.78, 5) is 26.2. The van der Waals surface area contributed by atoms with Crippen LogP contribution in [0.4, 0.5) is 0 Å². The minimum absolute atomic E-state index is 0.0730. The molecule has 0 rings (SSSR count). The van der Waals surface area contributed by atoms with Gasteiger partial charge in [-0.3, -0.25) is 9.59 Å². The molecule has 0 saturated heterocycles. The number of aliphatic hydroxyl groups excluding tert-OH is 2. The van der Waals surface area contributed by atoms with Crippen LogP contribution in [0.1, 0.15) is 290 Å². The van der Waals surface area contributed by atoms with Gasteiger partial charge in [0, 0.05) is 6.42 Å². The smallest absolute Gasteiger partial charge is 0.306 e. The number of carbonyl (C=O) groups is 2. The molecule has 0 saturated carbocycles. The third-order valence-corrected chi connectivity index (χ3v) is 12.8. The number of allylic oxidation sites excluding steroid dienone is 6. The highest BCUT2D eigenvalue weighted by Gasteiger charge is 2.24. The molecule has 0 aliphatic rings. The first-order valence-electron chi connectivity index (χ1n) is 27.7. The zero-order chi connectivity index (χ0) is 45.9. The number of hydrogen-bond acceptors (Lipinski definition) is 5. The van der Waals surface area contributed by atoms with Crippen LogP contribution >= 0.6 is 0 Å². The molecule has 370 valence electrons. The molecule has 3 unspecified atom stereocenters. The van der Waals surface area contributed by atoms with Crippen molar-refractivity contribution in [1.82, 2.24) is 5.32 Å². The Bertz CT molecular complexity index is 1040. The molecule has 0 spiro atoms. The van der Waals surface area contributed by atoms with Crippen LogP contribution in [0.25, 0.3) is 0 Å². The predicted octanol–water partition coefficient (Wildman–Crippen LogP) is 16.8. The highest BCUT2D eigenvalue weighted by molar-refractivity contribution is 5.77. The quantitative estimate of drug-likeness (QED) is 0.0321. The van der Waals surface area contributed by atoms with Crippen LogP contribution in [0.3, 0.4) is 0 Å². The van der Waals surface area contributed by atoms with E-state index >= 15 is 0 Å². The minimum atomic E-state index is -0.789. The second-order valence-corrected chi connectivity index (χ2v) is 19.1. The molecule has 0 aromatic heterocycles. The molecular formula is C57H107NO5. The van der Waals surface area contributed by atoms with E-state index in [2.05, 4.69) is 62.5 Å². The van der Waals surface area contributed by atoms with Crippen molar-refractivity contribution in [2.24, 2.45) is 0 Å². The molecule has 63 heavy (non-hydrogen) atoms. The van der Waals surface area contributed by atoms with Gasteiger partial charge in [-0.25, -0.2) is 0 Å². The number of ether oxygens (including phenoxy) is 1. The second-order valence-electron chi connectivity index (χ2n) is 19.1. The molecule has 0 aliphatic carbocycles. The van der Waals surface area contributed by atoms with Crippen molar-refractivity contribution in [3.63, 3.8) is 0 Å². The molecule has 6 nitrogen and oxygen atoms in total. The molecule has 0 aromatic rings. The van der Waals surface area contributed by atoms with Gasteiger partial charge < -0.3 is 20.3 Å². The maximum absolute atomic E-state index is 13.2. The Kier molecular flexibility index (Phi) is 49.5.